The van der Waals surface area contributed by atoms with E-state index in [0.717, 1.165) is 11.1 Å². The largest absolute Gasteiger partial charge is 0.282 e. The molecule has 0 radical (unpaired) electrons. The van der Waals surface area contributed by atoms with Gasteiger partial charge in [-0.05, 0) is 31.5 Å². The molecule has 0 fully saturated rings. The number of hydrogen-bond donors (Lipinski definition) is 0. The Kier molecular flexibility index (Phi) is 3.11. The minimum atomic E-state index is -0.306. The van der Waals surface area contributed by atoms with E-state index in [9.17, 15) is 10.1 Å². The minimum absolute atomic E-state index is 0.213. The van der Waals surface area contributed by atoms with E-state index in [1.807, 2.05) is 23.2 Å². The number of aryl methyl sites for hydroxylation is 2. The lowest BCUT2D eigenvalue weighted by Gasteiger charge is -2.05. The van der Waals surface area contributed by atoms with Gasteiger partial charge in [-0.1, -0.05) is 0 Å². The van der Waals surface area contributed by atoms with Gasteiger partial charge in [0.2, 0.25) is 0 Å². The number of benzene rings is 1. The van der Waals surface area contributed by atoms with E-state index < -0.39 is 0 Å². The van der Waals surface area contributed by atoms with Crippen LogP contribution in [-0.4, -0.2) is 8.90 Å². The van der Waals surface area contributed by atoms with Crippen LogP contribution in [0, 0.1) is 24.0 Å². The van der Waals surface area contributed by atoms with Crippen molar-refractivity contribution in [2.45, 2.75) is 13.8 Å². The highest BCUT2D eigenvalue weighted by Crippen LogP contribution is 2.35. The van der Waals surface area contributed by atoms with E-state index >= 15 is 0 Å². The molecule has 1 aromatic carbocycles. The van der Waals surface area contributed by atoms with Crippen molar-refractivity contribution in [2.75, 3.05) is 0 Å². The smallest absolute Gasteiger partial charge is 0.281 e. The molecule has 2 rings (SSSR count). The summed E-state index contributed by atoms with van der Waals surface area (Å²) in [5.74, 6) is 0. The van der Waals surface area contributed by atoms with Crippen LogP contribution in [0.3, 0.4) is 0 Å². The minimum Gasteiger partial charge on any atom is -0.282 e. The van der Waals surface area contributed by atoms with Gasteiger partial charge in [0.05, 0.1) is 15.8 Å². The zero-order chi connectivity index (χ0) is 11.9. The monoisotopic (exact) mass is 348 g/mol. The first-order valence-electron chi connectivity index (χ1n) is 4.61. The third kappa shape index (κ3) is 1.69. The Morgan fingerprint density at radius 2 is 2.12 bits per heavy atom. The van der Waals surface area contributed by atoms with Crippen LogP contribution in [0.1, 0.15) is 11.1 Å². The predicted octanol–water partition coefficient (Wildman–Crippen LogP) is 4.01. The van der Waals surface area contributed by atoms with Crippen molar-refractivity contribution in [3.05, 3.63) is 39.6 Å². The fourth-order valence-corrected chi connectivity index (χ4v) is 3.37. The van der Waals surface area contributed by atoms with Gasteiger partial charge in [0.1, 0.15) is 0 Å². The summed E-state index contributed by atoms with van der Waals surface area (Å²) in [5.41, 5.74) is 2.92. The van der Waals surface area contributed by atoms with Gasteiger partial charge < -0.3 is 0 Å². The molecule has 6 heteroatoms. The molecule has 1 heterocycles. The first-order chi connectivity index (χ1) is 7.56. The third-order valence-corrected chi connectivity index (χ3v) is 4.27. The van der Waals surface area contributed by atoms with E-state index in [-0.39, 0.29) is 10.6 Å². The van der Waals surface area contributed by atoms with Crippen LogP contribution >= 0.6 is 30.3 Å². The summed E-state index contributed by atoms with van der Waals surface area (Å²) < 4.78 is 1.94. The molecule has 0 bridgehead atoms. The summed E-state index contributed by atoms with van der Waals surface area (Å²) in [6, 6.07) is 3.67. The molecule has 4 nitrogen and oxygen atoms in total. The van der Waals surface area contributed by atoms with Gasteiger partial charge in [0, 0.05) is 42.1 Å². The van der Waals surface area contributed by atoms with E-state index in [1.165, 1.54) is 9.12 Å². The zero-order valence-corrected chi connectivity index (χ0v) is 11.7. The Bertz CT molecular complexity index is 580. The van der Waals surface area contributed by atoms with Crippen LogP contribution in [0.25, 0.3) is 10.9 Å². The molecule has 0 aliphatic carbocycles. The highest BCUT2D eigenvalue weighted by molar-refractivity contribution is 14.2. The number of nitro groups is 1. The molecule has 0 amide bonds. The molecule has 0 saturated heterocycles. The summed E-state index contributed by atoms with van der Waals surface area (Å²) in [7, 11) is 1.51. The summed E-state index contributed by atoms with van der Waals surface area (Å²) in [4.78, 5) is 10.7. The number of aromatic nitrogens is 1. The summed E-state index contributed by atoms with van der Waals surface area (Å²) in [6.45, 7) is 3.75. The number of rotatable bonds is 2. The van der Waals surface area contributed by atoms with E-state index in [4.69, 9.17) is 0 Å². The first-order valence-corrected chi connectivity index (χ1v) is 7.92. The Morgan fingerprint density at radius 1 is 1.44 bits per heavy atom. The number of fused-ring (bicyclic) bond motifs is 1. The number of nitrogens with zero attached hydrogens (tertiary/aromatic N) is 2. The number of halogens is 1. The van der Waals surface area contributed by atoms with Gasteiger partial charge in [-0.2, -0.15) is 0 Å². The molecular formula is C10H9IN2O2S. The van der Waals surface area contributed by atoms with Crippen LogP contribution in [-0.2, 0) is 0 Å². The molecule has 0 spiro atoms. The lowest BCUT2D eigenvalue weighted by atomic mass is 10.1. The highest BCUT2D eigenvalue weighted by atomic mass is 127. The van der Waals surface area contributed by atoms with Gasteiger partial charge in [-0.15, -0.1) is 0 Å². The summed E-state index contributed by atoms with van der Waals surface area (Å²) in [5, 5.41) is 11.7. The van der Waals surface area contributed by atoms with Crippen LogP contribution < -0.4 is 0 Å². The lowest BCUT2D eigenvalue weighted by molar-refractivity contribution is -0.383. The van der Waals surface area contributed by atoms with E-state index in [0.29, 0.717) is 10.9 Å². The van der Waals surface area contributed by atoms with Crippen LogP contribution in [0.4, 0.5) is 5.69 Å². The molecule has 0 saturated carbocycles. The summed E-state index contributed by atoms with van der Waals surface area (Å²) >= 11 is 2.16. The maximum atomic E-state index is 11.0. The molecule has 0 aliphatic heterocycles. The fourth-order valence-electron chi connectivity index (χ4n) is 1.97. The normalized spacial score (nSPS) is 10.9. The van der Waals surface area contributed by atoms with Crippen LogP contribution in [0.5, 0.6) is 0 Å². The molecule has 0 unspecified atom stereocenters. The van der Waals surface area contributed by atoms with Crippen molar-refractivity contribution in [2.24, 2.45) is 0 Å². The predicted molar refractivity (Wildman–Crippen MR) is 75.1 cm³/mol. The Morgan fingerprint density at radius 3 is 2.69 bits per heavy atom. The van der Waals surface area contributed by atoms with Crippen LogP contribution in [0.15, 0.2) is 18.3 Å². The number of nitro benzene ring substituents is 1. The van der Waals surface area contributed by atoms with Crippen molar-refractivity contribution in [1.82, 2.24) is 3.97 Å². The fraction of sp³-hybridized carbons (Fsp3) is 0.200. The van der Waals surface area contributed by atoms with Crippen molar-refractivity contribution >= 4 is 46.9 Å². The zero-order valence-electron chi connectivity index (χ0n) is 8.73. The van der Waals surface area contributed by atoms with E-state index in [2.05, 4.69) is 21.2 Å². The maximum absolute atomic E-state index is 11.0. The lowest BCUT2D eigenvalue weighted by Crippen LogP contribution is -1.94. The SMILES string of the molecule is Cc1cc(C)c2c(ccn2SI)c1[N+](=O)[O-]. The molecule has 1 aromatic heterocycles. The summed E-state index contributed by atoms with van der Waals surface area (Å²) in [6.07, 6.45) is 1.86. The van der Waals surface area contributed by atoms with Gasteiger partial charge >= 0.3 is 0 Å². The molecular weight excluding hydrogens is 339 g/mol. The van der Waals surface area contributed by atoms with Gasteiger partial charge in [0.25, 0.3) is 5.69 Å². The molecule has 84 valence electrons. The van der Waals surface area contributed by atoms with Gasteiger partial charge in [-0.3, -0.25) is 14.1 Å². The molecule has 0 N–H and O–H groups in total. The van der Waals surface area contributed by atoms with Crippen molar-refractivity contribution in [3.8, 4) is 0 Å². The Hall–Kier alpha value is -0.760. The van der Waals surface area contributed by atoms with Crippen molar-refractivity contribution in [1.29, 1.82) is 0 Å². The van der Waals surface area contributed by atoms with E-state index in [1.54, 1.807) is 13.0 Å². The molecule has 2 aromatic rings. The highest BCUT2D eigenvalue weighted by Gasteiger charge is 2.19. The van der Waals surface area contributed by atoms with Gasteiger partial charge in [-0.25, -0.2) is 0 Å². The quantitative estimate of drug-likeness (QED) is 0.468. The Balaban J connectivity index is 2.92. The van der Waals surface area contributed by atoms with Crippen molar-refractivity contribution in [3.63, 3.8) is 0 Å². The Labute approximate surface area is 109 Å². The topological polar surface area (TPSA) is 48.1 Å². The second-order valence-electron chi connectivity index (χ2n) is 3.59. The average Bonchev–Trinajstić information content (AvgIpc) is 2.60. The third-order valence-electron chi connectivity index (χ3n) is 2.54. The molecule has 0 atom stereocenters. The van der Waals surface area contributed by atoms with Crippen molar-refractivity contribution < 1.29 is 4.92 Å². The number of hydrogen-bond acceptors (Lipinski definition) is 3. The average molecular weight is 348 g/mol. The molecule has 0 aliphatic rings. The second-order valence-corrected chi connectivity index (χ2v) is 5.30. The first kappa shape index (κ1) is 11.7. The maximum Gasteiger partial charge on any atom is 0.281 e. The molecule has 16 heavy (non-hydrogen) atoms. The standard InChI is InChI=1S/C10H9IN2O2S/c1-6-5-7(2)10(13(14)15)8-3-4-12(16-11)9(6)8/h3-5H,1-2H3. The second kappa shape index (κ2) is 4.25. The van der Waals surface area contributed by atoms with Gasteiger partial charge in [0.15, 0.2) is 0 Å². The van der Waals surface area contributed by atoms with Crippen LogP contribution in [0.2, 0.25) is 0 Å².